The molecule has 0 aromatic heterocycles. The summed E-state index contributed by atoms with van der Waals surface area (Å²) in [7, 11) is 0. The highest BCUT2D eigenvalue weighted by Gasteiger charge is 2.39. The van der Waals surface area contributed by atoms with E-state index >= 15 is 0 Å². The van der Waals surface area contributed by atoms with E-state index in [4.69, 9.17) is 10.5 Å². The highest BCUT2D eigenvalue weighted by Crippen LogP contribution is 2.40. The Morgan fingerprint density at radius 3 is 2.61 bits per heavy atom. The molecule has 2 heteroatoms. The van der Waals surface area contributed by atoms with E-state index in [2.05, 4.69) is 38.1 Å². The summed E-state index contributed by atoms with van der Waals surface area (Å²) in [5.41, 5.74) is 8.88. The average Bonchev–Trinajstić information content (AvgIpc) is 2.39. The molecule has 1 saturated carbocycles. The summed E-state index contributed by atoms with van der Waals surface area (Å²) in [6, 6.07) is 8.53. The molecular formula is C16H25NO. The molecule has 0 amide bonds. The molecule has 100 valence electrons. The fourth-order valence-corrected chi connectivity index (χ4v) is 3.15. The van der Waals surface area contributed by atoms with Crippen molar-refractivity contribution in [3.05, 3.63) is 35.4 Å². The van der Waals surface area contributed by atoms with Crippen LogP contribution in [0.4, 0.5) is 0 Å². The first-order valence-corrected chi connectivity index (χ1v) is 7.14. The minimum Gasteiger partial charge on any atom is -0.373 e. The summed E-state index contributed by atoms with van der Waals surface area (Å²) in [6.07, 6.45) is 5.97. The van der Waals surface area contributed by atoms with Gasteiger partial charge in [0.05, 0.1) is 11.6 Å². The quantitative estimate of drug-likeness (QED) is 0.879. The van der Waals surface area contributed by atoms with Crippen molar-refractivity contribution in [2.75, 3.05) is 6.61 Å². The molecule has 0 aliphatic heterocycles. The summed E-state index contributed by atoms with van der Waals surface area (Å²) >= 11 is 0. The molecule has 0 saturated heterocycles. The molecule has 1 aliphatic rings. The number of ether oxygens (including phenoxy) is 1. The van der Waals surface area contributed by atoms with Crippen molar-refractivity contribution < 1.29 is 4.74 Å². The molecule has 18 heavy (non-hydrogen) atoms. The second-order valence-electron chi connectivity index (χ2n) is 5.45. The van der Waals surface area contributed by atoms with Crippen molar-refractivity contribution in [1.29, 1.82) is 0 Å². The van der Waals surface area contributed by atoms with Crippen LogP contribution in [0.5, 0.6) is 0 Å². The number of aryl methyl sites for hydroxylation is 1. The molecule has 2 nitrogen and oxygen atoms in total. The standard InChI is InChI=1S/C16H25NO/c1-3-18-16(10-5-4-6-11-16)15(17)14-9-7-8-13(2)12-14/h7-9,12,15H,3-6,10-11,17H2,1-2H3. The van der Waals surface area contributed by atoms with Crippen molar-refractivity contribution in [3.63, 3.8) is 0 Å². The van der Waals surface area contributed by atoms with Crippen molar-refractivity contribution in [3.8, 4) is 0 Å². The zero-order valence-corrected chi connectivity index (χ0v) is 11.6. The van der Waals surface area contributed by atoms with Crippen LogP contribution in [0.2, 0.25) is 0 Å². The van der Waals surface area contributed by atoms with Crippen LogP contribution in [-0.2, 0) is 4.74 Å². The Labute approximate surface area is 111 Å². The fourth-order valence-electron chi connectivity index (χ4n) is 3.15. The van der Waals surface area contributed by atoms with Gasteiger partial charge in [0, 0.05) is 6.61 Å². The summed E-state index contributed by atoms with van der Waals surface area (Å²) in [5.74, 6) is 0. The van der Waals surface area contributed by atoms with Gasteiger partial charge >= 0.3 is 0 Å². The van der Waals surface area contributed by atoms with Gasteiger partial charge in [-0.3, -0.25) is 0 Å². The Kier molecular flexibility index (Phi) is 4.41. The highest BCUT2D eigenvalue weighted by molar-refractivity contribution is 5.27. The first-order chi connectivity index (χ1) is 8.68. The number of nitrogens with two attached hydrogens (primary N) is 1. The monoisotopic (exact) mass is 247 g/mol. The predicted octanol–water partition coefficient (Wildman–Crippen LogP) is 3.73. The lowest BCUT2D eigenvalue weighted by atomic mass is 9.77. The third kappa shape index (κ3) is 2.76. The molecule has 0 spiro atoms. The van der Waals surface area contributed by atoms with Crippen LogP contribution in [0.15, 0.2) is 24.3 Å². The molecule has 1 aliphatic carbocycles. The second kappa shape index (κ2) is 5.85. The molecule has 0 bridgehead atoms. The largest absolute Gasteiger partial charge is 0.373 e. The van der Waals surface area contributed by atoms with Gasteiger partial charge in [-0.15, -0.1) is 0 Å². The molecule has 0 heterocycles. The van der Waals surface area contributed by atoms with E-state index in [1.165, 1.54) is 30.4 Å². The van der Waals surface area contributed by atoms with E-state index in [9.17, 15) is 0 Å². The van der Waals surface area contributed by atoms with Crippen molar-refractivity contribution in [2.45, 2.75) is 57.6 Å². The average molecular weight is 247 g/mol. The molecule has 0 radical (unpaired) electrons. The predicted molar refractivity (Wildman–Crippen MR) is 75.5 cm³/mol. The molecule has 2 N–H and O–H groups in total. The van der Waals surface area contributed by atoms with Crippen molar-refractivity contribution in [1.82, 2.24) is 0 Å². The van der Waals surface area contributed by atoms with Gasteiger partial charge in [0.25, 0.3) is 0 Å². The van der Waals surface area contributed by atoms with E-state index in [0.717, 1.165) is 19.4 Å². The fraction of sp³-hybridized carbons (Fsp3) is 0.625. The third-order valence-corrected chi connectivity index (χ3v) is 4.10. The summed E-state index contributed by atoms with van der Waals surface area (Å²) in [5, 5.41) is 0. The van der Waals surface area contributed by atoms with Gasteiger partial charge in [-0.25, -0.2) is 0 Å². The van der Waals surface area contributed by atoms with Crippen LogP contribution < -0.4 is 5.73 Å². The normalized spacial score (nSPS) is 20.6. The van der Waals surface area contributed by atoms with E-state index in [0.29, 0.717) is 0 Å². The first kappa shape index (κ1) is 13.6. The Morgan fingerprint density at radius 2 is 2.00 bits per heavy atom. The maximum absolute atomic E-state index is 6.53. The highest BCUT2D eigenvalue weighted by atomic mass is 16.5. The van der Waals surface area contributed by atoms with E-state index in [1.54, 1.807) is 0 Å². The van der Waals surface area contributed by atoms with Crippen LogP contribution in [-0.4, -0.2) is 12.2 Å². The third-order valence-electron chi connectivity index (χ3n) is 4.10. The number of rotatable bonds is 4. The topological polar surface area (TPSA) is 35.2 Å². The Bertz CT molecular complexity index is 377. The minimum atomic E-state index is -0.138. The summed E-state index contributed by atoms with van der Waals surface area (Å²) in [6.45, 7) is 4.93. The Hall–Kier alpha value is -0.860. The van der Waals surface area contributed by atoms with Crippen molar-refractivity contribution >= 4 is 0 Å². The van der Waals surface area contributed by atoms with Crippen LogP contribution in [0.1, 0.15) is 56.2 Å². The molecule has 1 aromatic rings. The Balaban J connectivity index is 2.24. The molecule has 1 atom stereocenters. The van der Waals surface area contributed by atoms with Crippen LogP contribution in [0.3, 0.4) is 0 Å². The van der Waals surface area contributed by atoms with Crippen LogP contribution in [0, 0.1) is 6.92 Å². The maximum Gasteiger partial charge on any atom is 0.0874 e. The first-order valence-electron chi connectivity index (χ1n) is 7.14. The van der Waals surface area contributed by atoms with Crippen LogP contribution >= 0.6 is 0 Å². The summed E-state index contributed by atoms with van der Waals surface area (Å²) in [4.78, 5) is 0. The summed E-state index contributed by atoms with van der Waals surface area (Å²) < 4.78 is 6.10. The molecule has 1 unspecified atom stereocenters. The number of hydrogen-bond acceptors (Lipinski definition) is 2. The molecule has 1 aromatic carbocycles. The maximum atomic E-state index is 6.53. The minimum absolute atomic E-state index is 0.00218. The van der Waals surface area contributed by atoms with Gasteiger partial charge in [0.1, 0.15) is 0 Å². The zero-order chi connectivity index (χ0) is 13.0. The number of benzene rings is 1. The van der Waals surface area contributed by atoms with E-state index < -0.39 is 0 Å². The smallest absolute Gasteiger partial charge is 0.0874 e. The zero-order valence-electron chi connectivity index (χ0n) is 11.6. The second-order valence-corrected chi connectivity index (χ2v) is 5.45. The van der Waals surface area contributed by atoms with Gasteiger partial charge in [0.2, 0.25) is 0 Å². The molecule has 1 fully saturated rings. The van der Waals surface area contributed by atoms with Gasteiger partial charge in [0.15, 0.2) is 0 Å². The molecular weight excluding hydrogens is 222 g/mol. The molecule has 2 rings (SSSR count). The van der Waals surface area contributed by atoms with Gasteiger partial charge in [-0.1, -0.05) is 49.1 Å². The Morgan fingerprint density at radius 1 is 1.28 bits per heavy atom. The van der Waals surface area contributed by atoms with E-state index in [-0.39, 0.29) is 11.6 Å². The lowest BCUT2D eigenvalue weighted by Crippen LogP contribution is -2.45. The van der Waals surface area contributed by atoms with E-state index in [1.807, 2.05) is 0 Å². The number of hydrogen-bond donors (Lipinski definition) is 1. The van der Waals surface area contributed by atoms with Gasteiger partial charge in [-0.2, -0.15) is 0 Å². The van der Waals surface area contributed by atoms with Crippen molar-refractivity contribution in [2.24, 2.45) is 5.73 Å². The SMILES string of the molecule is CCOC1(C(N)c2cccc(C)c2)CCCCC1. The van der Waals surface area contributed by atoms with Gasteiger partial charge in [-0.05, 0) is 32.3 Å². The lowest BCUT2D eigenvalue weighted by molar-refractivity contribution is -0.0830. The lowest BCUT2D eigenvalue weighted by Gasteiger charge is -2.42. The van der Waals surface area contributed by atoms with Gasteiger partial charge < -0.3 is 10.5 Å². The van der Waals surface area contributed by atoms with Crippen LogP contribution in [0.25, 0.3) is 0 Å².